The molecule has 0 aliphatic carbocycles. The first kappa shape index (κ1) is 14.5. The molecule has 1 unspecified atom stereocenters. The molecule has 0 aromatic heterocycles. The van der Waals surface area contributed by atoms with Crippen LogP contribution in [0.4, 0.5) is 0 Å². The monoisotopic (exact) mass is 256 g/mol. The third-order valence-corrected chi connectivity index (χ3v) is 2.67. The third kappa shape index (κ3) is 4.01. The number of rotatable bonds is 4. The fraction of sp³-hybridized carbons (Fsp3) is 0.750. The zero-order chi connectivity index (χ0) is 13.7. The summed E-state index contributed by atoms with van der Waals surface area (Å²) in [7, 11) is 0. The van der Waals surface area contributed by atoms with Crippen molar-refractivity contribution < 1.29 is 19.1 Å². The van der Waals surface area contributed by atoms with Crippen LogP contribution in [0.5, 0.6) is 0 Å². The number of ether oxygens (including phenoxy) is 1. The fourth-order valence-electron chi connectivity index (χ4n) is 1.77. The molecule has 0 spiro atoms. The molecular formula is C12H20N2O4. The van der Waals surface area contributed by atoms with Crippen LogP contribution in [0.25, 0.3) is 0 Å². The molecular weight excluding hydrogens is 236 g/mol. The first-order valence-corrected chi connectivity index (χ1v) is 6.12. The Kier molecular flexibility index (Phi) is 5.12. The summed E-state index contributed by atoms with van der Waals surface area (Å²) < 4.78 is 5.03. The summed E-state index contributed by atoms with van der Waals surface area (Å²) >= 11 is 0. The van der Waals surface area contributed by atoms with Crippen molar-refractivity contribution in [1.82, 2.24) is 10.2 Å². The topological polar surface area (TPSA) is 75.7 Å². The molecule has 0 aromatic rings. The number of nitrogens with zero attached hydrogens (tertiary/aromatic N) is 1. The Hall–Kier alpha value is -1.59. The van der Waals surface area contributed by atoms with E-state index in [0.29, 0.717) is 19.7 Å². The number of carbonyl (C=O) groups is 3. The summed E-state index contributed by atoms with van der Waals surface area (Å²) in [6, 6.07) is -0.740. The second-order valence-corrected chi connectivity index (χ2v) is 4.80. The van der Waals surface area contributed by atoms with Crippen LogP contribution in [-0.2, 0) is 19.1 Å². The number of hydrogen-bond donors (Lipinski definition) is 1. The van der Waals surface area contributed by atoms with Crippen molar-refractivity contribution in [2.45, 2.75) is 33.2 Å². The van der Waals surface area contributed by atoms with E-state index in [4.69, 9.17) is 4.74 Å². The van der Waals surface area contributed by atoms with Crippen molar-refractivity contribution in [1.29, 1.82) is 0 Å². The molecule has 1 heterocycles. The van der Waals surface area contributed by atoms with Crippen LogP contribution in [0, 0.1) is 5.92 Å². The first-order valence-electron chi connectivity index (χ1n) is 6.12. The molecule has 1 aliphatic heterocycles. The molecule has 6 heteroatoms. The maximum atomic E-state index is 11.7. The molecule has 6 nitrogen and oxygen atoms in total. The second-order valence-electron chi connectivity index (χ2n) is 4.80. The standard InChI is InChI=1S/C12H20N2O4/c1-8(2)7-18-11(16)6-10-12(17)13-4-5-14(10)9(3)15/h8,10H,4-7H2,1-3H3,(H,13,17). The average molecular weight is 256 g/mol. The van der Waals surface area contributed by atoms with Gasteiger partial charge in [-0.3, -0.25) is 14.4 Å². The highest BCUT2D eigenvalue weighted by molar-refractivity contribution is 5.91. The van der Waals surface area contributed by atoms with E-state index >= 15 is 0 Å². The van der Waals surface area contributed by atoms with E-state index in [-0.39, 0.29) is 24.2 Å². The van der Waals surface area contributed by atoms with Crippen LogP contribution >= 0.6 is 0 Å². The highest BCUT2D eigenvalue weighted by atomic mass is 16.5. The number of nitrogens with one attached hydrogen (secondary N) is 1. The van der Waals surface area contributed by atoms with Gasteiger partial charge in [-0.15, -0.1) is 0 Å². The van der Waals surface area contributed by atoms with Crippen molar-refractivity contribution in [2.75, 3.05) is 19.7 Å². The lowest BCUT2D eigenvalue weighted by molar-refractivity contribution is -0.152. The van der Waals surface area contributed by atoms with Gasteiger partial charge in [0.15, 0.2) is 0 Å². The molecule has 1 aliphatic rings. The molecule has 0 saturated carbocycles. The van der Waals surface area contributed by atoms with Crippen LogP contribution in [0.3, 0.4) is 0 Å². The Morgan fingerprint density at radius 3 is 2.72 bits per heavy atom. The number of esters is 1. The van der Waals surface area contributed by atoms with Crippen LogP contribution in [-0.4, -0.2) is 48.4 Å². The maximum Gasteiger partial charge on any atom is 0.308 e. The normalized spacial score (nSPS) is 19.7. The van der Waals surface area contributed by atoms with Crippen molar-refractivity contribution in [3.63, 3.8) is 0 Å². The number of piperazine rings is 1. The maximum absolute atomic E-state index is 11.7. The van der Waals surface area contributed by atoms with Gasteiger partial charge in [-0.1, -0.05) is 13.8 Å². The molecule has 0 radical (unpaired) electrons. The van der Waals surface area contributed by atoms with Gasteiger partial charge in [0, 0.05) is 20.0 Å². The van der Waals surface area contributed by atoms with E-state index in [1.54, 1.807) is 0 Å². The summed E-state index contributed by atoms with van der Waals surface area (Å²) in [5.41, 5.74) is 0. The lowest BCUT2D eigenvalue weighted by Gasteiger charge is -2.33. The van der Waals surface area contributed by atoms with E-state index in [9.17, 15) is 14.4 Å². The van der Waals surface area contributed by atoms with Crippen LogP contribution in [0.1, 0.15) is 27.2 Å². The Bertz CT molecular complexity index is 341. The largest absolute Gasteiger partial charge is 0.465 e. The van der Waals surface area contributed by atoms with E-state index in [0.717, 1.165) is 0 Å². The number of hydrogen-bond acceptors (Lipinski definition) is 4. The molecule has 2 amide bonds. The summed E-state index contributed by atoms with van der Waals surface area (Å²) in [6.45, 7) is 6.45. The van der Waals surface area contributed by atoms with Crippen molar-refractivity contribution in [3.8, 4) is 0 Å². The Morgan fingerprint density at radius 2 is 2.17 bits per heavy atom. The third-order valence-electron chi connectivity index (χ3n) is 2.67. The Labute approximate surface area is 107 Å². The molecule has 0 bridgehead atoms. The zero-order valence-corrected chi connectivity index (χ0v) is 11.1. The van der Waals surface area contributed by atoms with Crippen LogP contribution in [0.15, 0.2) is 0 Å². The van der Waals surface area contributed by atoms with Gasteiger partial charge >= 0.3 is 5.97 Å². The van der Waals surface area contributed by atoms with E-state index < -0.39 is 12.0 Å². The number of carbonyl (C=O) groups excluding carboxylic acids is 3. The summed E-state index contributed by atoms with van der Waals surface area (Å²) in [6.07, 6.45) is -0.0852. The van der Waals surface area contributed by atoms with Crippen molar-refractivity contribution >= 4 is 17.8 Å². The number of amides is 2. The van der Waals surface area contributed by atoms with Gasteiger partial charge in [-0.25, -0.2) is 0 Å². The van der Waals surface area contributed by atoms with Gasteiger partial charge in [-0.2, -0.15) is 0 Å². The lowest BCUT2D eigenvalue weighted by Crippen LogP contribution is -2.57. The fourth-order valence-corrected chi connectivity index (χ4v) is 1.77. The minimum Gasteiger partial charge on any atom is -0.465 e. The first-order chi connectivity index (χ1) is 8.41. The summed E-state index contributed by atoms with van der Waals surface area (Å²) in [5.74, 6) is -0.695. The highest BCUT2D eigenvalue weighted by Gasteiger charge is 2.33. The molecule has 102 valence electrons. The SMILES string of the molecule is CC(=O)N1CCNC(=O)C1CC(=O)OCC(C)C. The second kappa shape index (κ2) is 6.37. The van der Waals surface area contributed by atoms with E-state index in [2.05, 4.69) is 5.32 Å². The summed E-state index contributed by atoms with van der Waals surface area (Å²) in [5, 5.41) is 2.65. The zero-order valence-electron chi connectivity index (χ0n) is 11.1. The smallest absolute Gasteiger partial charge is 0.308 e. The molecule has 1 rings (SSSR count). The molecule has 1 N–H and O–H groups in total. The Balaban J connectivity index is 2.57. The van der Waals surface area contributed by atoms with Gasteiger partial charge < -0.3 is 15.0 Å². The van der Waals surface area contributed by atoms with Crippen LogP contribution in [0.2, 0.25) is 0 Å². The minimum absolute atomic E-state index is 0.0852. The Morgan fingerprint density at radius 1 is 1.50 bits per heavy atom. The molecule has 1 saturated heterocycles. The summed E-state index contributed by atoms with van der Waals surface area (Å²) in [4.78, 5) is 36.1. The quantitative estimate of drug-likeness (QED) is 0.714. The van der Waals surface area contributed by atoms with Gasteiger partial charge in [0.25, 0.3) is 0 Å². The highest BCUT2D eigenvalue weighted by Crippen LogP contribution is 2.10. The van der Waals surface area contributed by atoms with Gasteiger partial charge in [0.1, 0.15) is 6.04 Å². The predicted octanol–water partition coefficient (Wildman–Crippen LogP) is -0.0774. The molecule has 0 aromatic carbocycles. The molecule has 18 heavy (non-hydrogen) atoms. The minimum atomic E-state index is -0.740. The van der Waals surface area contributed by atoms with Crippen molar-refractivity contribution in [3.05, 3.63) is 0 Å². The lowest BCUT2D eigenvalue weighted by atomic mass is 10.1. The van der Waals surface area contributed by atoms with Gasteiger partial charge in [0.05, 0.1) is 13.0 Å². The van der Waals surface area contributed by atoms with E-state index in [1.807, 2.05) is 13.8 Å². The molecule has 1 atom stereocenters. The van der Waals surface area contributed by atoms with Gasteiger partial charge in [-0.05, 0) is 5.92 Å². The van der Waals surface area contributed by atoms with Crippen molar-refractivity contribution in [2.24, 2.45) is 5.92 Å². The van der Waals surface area contributed by atoms with E-state index in [1.165, 1.54) is 11.8 Å². The predicted molar refractivity (Wildman–Crippen MR) is 64.6 cm³/mol. The average Bonchev–Trinajstić information content (AvgIpc) is 2.28. The van der Waals surface area contributed by atoms with Crippen LogP contribution < -0.4 is 5.32 Å². The molecule has 1 fully saturated rings. The van der Waals surface area contributed by atoms with Gasteiger partial charge in [0.2, 0.25) is 11.8 Å².